The van der Waals surface area contributed by atoms with E-state index in [1.165, 1.54) is 13.2 Å². The minimum absolute atomic E-state index is 0.0744. The number of hydrogen-bond donors (Lipinski definition) is 1. The second-order valence-corrected chi connectivity index (χ2v) is 8.06. The highest BCUT2D eigenvalue weighted by atomic mass is 19.1. The highest BCUT2D eigenvalue weighted by molar-refractivity contribution is 5.89. The molecule has 1 N–H and O–H groups in total. The van der Waals surface area contributed by atoms with Gasteiger partial charge < -0.3 is 19.5 Å². The third-order valence-corrected chi connectivity index (χ3v) is 4.56. The van der Waals surface area contributed by atoms with Crippen LogP contribution in [0.25, 0.3) is 17.0 Å². The van der Waals surface area contributed by atoms with Crippen LogP contribution in [-0.2, 0) is 9.47 Å². The number of halogens is 1. The van der Waals surface area contributed by atoms with Crippen molar-refractivity contribution in [2.45, 2.75) is 51.4 Å². The number of nitrogens with one attached hydrogen (secondary N) is 1. The molecule has 1 aromatic carbocycles. The summed E-state index contributed by atoms with van der Waals surface area (Å²) in [4.78, 5) is 16.0. The minimum Gasteiger partial charge on any atom is -0.497 e. The lowest BCUT2D eigenvalue weighted by atomic mass is 10.0. The minimum atomic E-state index is -0.527. The van der Waals surface area contributed by atoms with Gasteiger partial charge in [-0.3, -0.25) is 4.98 Å². The van der Waals surface area contributed by atoms with Gasteiger partial charge in [-0.25, -0.2) is 9.18 Å². The molecular formula is C22H27FN2O4. The molecule has 1 fully saturated rings. The Morgan fingerprint density at radius 2 is 2.14 bits per heavy atom. The predicted molar refractivity (Wildman–Crippen MR) is 109 cm³/mol. The maximum absolute atomic E-state index is 14.2. The molecule has 0 bridgehead atoms. The molecule has 0 radical (unpaired) electrons. The fraction of sp³-hybridized carbons (Fsp3) is 0.455. The van der Waals surface area contributed by atoms with Crippen molar-refractivity contribution in [2.75, 3.05) is 13.7 Å². The number of carbonyl (C=O) groups is 1. The third kappa shape index (κ3) is 5.67. The lowest BCUT2D eigenvalue weighted by molar-refractivity contribution is 0.0136. The van der Waals surface area contributed by atoms with Crippen LogP contribution < -0.4 is 10.1 Å². The number of pyridine rings is 1. The number of carbonyl (C=O) groups excluding carboxylic acids is 1. The van der Waals surface area contributed by atoms with Crippen LogP contribution >= 0.6 is 0 Å². The van der Waals surface area contributed by atoms with E-state index < -0.39 is 17.5 Å². The molecule has 2 aromatic rings. The summed E-state index contributed by atoms with van der Waals surface area (Å²) < 4.78 is 30.5. The van der Waals surface area contributed by atoms with Gasteiger partial charge in [0.25, 0.3) is 0 Å². The summed E-state index contributed by atoms with van der Waals surface area (Å²) in [5.41, 5.74) is 0.616. The summed E-state index contributed by atoms with van der Waals surface area (Å²) >= 11 is 0. The van der Waals surface area contributed by atoms with Crippen molar-refractivity contribution in [3.05, 3.63) is 41.9 Å². The molecule has 1 aliphatic rings. The second-order valence-electron chi connectivity index (χ2n) is 8.06. The summed E-state index contributed by atoms with van der Waals surface area (Å²) in [5.74, 6) is 0.0298. The summed E-state index contributed by atoms with van der Waals surface area (Å²) in [6, 6.07) is 4.85. The van der Waals surface area contributed by atoms with Gasteiger partial charge in [0.15, 0.2) is 5.82 Å². The van der Waals surface area contributed by atoms with Crippen molar-refractivity contribution in [1.29, 1.82) is 0 Å². The van der Waals surface area contributed by atoms with Gasteiger partial charge >= 0.3 is 6.09 Å². The summed E-state index contributed by atoms with van der Waals surface area (Å²) in [5, 5.41) is 3.52. The fourth-order valence-electron chi connectivity index (χ4n) is 3.19. The maximum Gasteiger partial charge on any atom is 0.407 e. The standard InChI is InChI=1S/C22H27FN2O4/c1-22(2,3)29-21(26)25-15-6-8-16(28-13-15)7-5-14-9-10-24-20-18(14)11-17(27-4)12-19(20)23/h5,7,9-12,15-16H,6,8,13H2,1-4H3,(H,25,26)/b7-5+/t15-,16-/m1/s1. The first-order valence-electron chi connectivity index (χ1n) is 9.67. The molecular weight excluding hydrogens is 375 g/mol. The number of amides is 1. The number of nitrogens with zero attached hydrogens (tertiary/aromatic N) is 1. The average Bonchev–Trinajstić information content (AvgIpc) is 2.66. The van der Waals surface area contributed by atoms with E-state index >= 15 is 0 Å². The Bertz CT molecular complexity index is 900. The number of ether oxygens (including phenoxy) is 3. The molecule has 156 valence electrons. The first kappa shape index (κ1) is 21.0. The number of fused-ring (bicyclic) bond motifs is 1. The lowest BCUT2D eigenvalue weighted by Crippen LogP contribution is -2.44. The molecule has 0 unspecified atom stereocenters. The number of aromatic nitrogens is 1. The van der Waals surface area contributed by atoms with E-state index in [-0.39, 0.29) is 12.1 Å². The van der Waals surface area contributed by atoms with E-state index in [1.807, 2.05) is 39.0 Å². The van der Waals surface area contributed by atoms with Gasteiger partial charge in [-0.15, -0.1) is 0 Å². The van der Waals surface area contributed by atoms with Gasteiger partial charge in [0, 0.05) is 17.6 Å². The smallest absolute Gasteiger partial charge is 0.407 e. The van der Waals surface area contributed by atoms with Crippen molar-refractivity contribution in [1.82, 2.24) is 10.3 Å². The van der Waals surface area contributed by atoms with Crippen LogP contribution in [0.4, 0.5) is 9.18 Å². The average molecular weight is 402 g/mol. The highest BCUT2D eigenvalue weighted by Crippen LogP contribution is 2.27. The van der Waals surface area contributed by atoms with Gasteiger partial charge in [-0.2, -0.15) is 0 Å². The van der Waals surface area contributed by atoms with E-state index in [0.29, 0.717) is 23.3 Å². The molecule has 3 rings (SSSR count). The van der Waals surface area contributed by atoms with Gasteiger partial charge in [0.1, 0.15) is 16.9 Å². The van der Waals surface area contributed by atoms with Crippen molar-refractivity contribution >= 4 is 23.1 Å². The highest BCUT2D eigenvalue weighted by Gasteiger charge is 2.24. The monoisotopic (exact) mass is 402 g/mol. The van der Waals surface area contributed by atoms with Crippen LogP contribution in [0.2, 0.25) is 0 Å². The third-order valence-electron chi connectivity index (χ3n) is 4.56. The Morgan fingerprint density at radius 1 is 1.34 bits per heavy atom. The van der Waals surface area contributed by atoms with E-state index in [9.17, 15) is 9.18 Å². The molecule has 2 atom stereocenters. The Kier molecular flexibility index (Phi) is 6.37. The van der Waals surface area contributed by atoms with Crippen molar-refractivity contribution < 1.29 is 23.4 Å². The summed E-state index contributed by atoms with van der Waals surface area (Å²) in [6.07, 6.45) is 6.49. The molecule has 1 aromatic heterocycles. The number of hydrogen-bond acceptors (Lipinski definition) is 5. The van der Waals surface area contributed by atoms with Crippen molar-refractivity contribution in [2.24, 2.45) is 0 Å². The molecule has 0 spiro atoms. The second kappa shape index (κ2) is 8.78. The van der Waals surface area contributed by atoms with Gasteiger partial charge in [-0.1, -0.05) is 12.2 Å². The molecule has 0 aliphatic carbocycles. The molecule has 0 saturated carbocycles. The van der Waals surface area contributed by atoms with E-state index in [4.69, 9.17) is 14.2 Å². The molecule has 1 aliphatic heterocycles. The zero-order valence-corrected chi connectivity index (χ0v) is 17.2. The maximum atomic E-state index is 14.2. The van der Waals surface area contributed by atoms with Gasteiger partial charge in [-0.05, 0) is 51.3 Å². The van der Waals surface area contributed by atoms with Crippen LogP contribution in [0.5, 0.6) is 5.75 Å². The number of rotatable bonds is 4. The Balaban J connectivity index is 1.62. The zero-order valence-electron chi connectivity index (χ0n) is 17.2. The largest absolute Gasteiger partial charge is 0.497 e. The molecule has 2 heterocycles. The lowest BCUT2D eigenvalue weighted by Gasteiger charge is -2.29. The van der Waals surface area contributed by atoms with Crippen LogP contribution in [0, 0.1) is 5.82 Å². The fourth-order valence-corrected chi connectivity index (χ4v) is 3.19. The molecule has 6 nitrogen and oxygen atoms in total. The molecule has 1 saturated heterocycles. The summed E-state index contributed by atoms with van der Waals surface area (Å²) in [7, 11) is 1.50. The SMILES string of the molecule is COc1cc(F)c2nccc(/C=C/[C@@H]3CC[C@@H](NC(=O)OC(C)(C)C)CO3)c2c1. The van der Waals surface area contributed by atoms with E-state index in [1.54, 1.807) is 12.3 Å². The Morgan fingerprint density at radius 3 is 2.79 bits per heavy atom. The van der Waals surface area contributed by atoms with Crippen LogP contribution in [-0.4, -0.2) is 42.5 Å². The van der Waals surface area contributed by atoms with Crippen molar-refractivity contribution in [3.8, 4) is 5.75 Å². The Hall–Kier alpha value is -2.67. The normalized spacial score (nSPS) is 20.0. The van der Waals surface area contributed by atoms with Crippen LogP contribution in [0.15, 0.2) is 30.5 Å². The van der Waals surface area contributed by atoms with E-state index in [0.717, 1.165) is 18.4 Å². The zero-order chi connectivity index (χ0) is 21.0. The van der Waals surface area contributed by atoms with Crippen molar-refractivity contribution in [3.63, 3.8) is 0 Å². The van der Waals surface area contributed by atoms with Gasteiger partial charge in [0.05, 0.1) is 25.9 Å². The quantitative estimate of drug-likeness (QED) is 0.817. The van der Waals surface area contributed by atoms with Crippen LogP contribution in [0.1, 0.15) is 39.2 Å². The molecule has 7 heteroatoms. The van der Waals surface area contributed by atoms with Gasteiger partial charge in [0.2, 0.25) is 0 Å². The number of alkyl carbamates (subject to hydrolysis) is 1. The first-order valence-corrected chi connectivity index (χ1v) is 9.67. The first-order chi connectivity index (χ1) is 13.7. The summed E-state index contributed by atoms with van der Waals surface area (Å²) in [6.45, 7) is 5.90. The van der Waals surface area contributed by atoms with Crippen LogP contribution in [0.3, 0.4) is 0 Å². The predicted octanol–water partition coefficient (Wildman–Crippen LogP) is 4.47. The van der Waals surface area contributed by atoms with E-state index in [2.05, 4.69) is 10.3 Å². The Labute approximate surface area is 170 Å². The molecule has 1 amide bonds. The number of methoxy groups -OCH3 is 1. The number of benzene rings is 1. The topological polar surface area (TPSA) is 69.7 Å². The molecule has 29 heavy (non-hydrogen) atoms.